The average molecular weight is 347 g/mol. The molecule has 0 fully saturated rings. The third kappa shape index (κ3) is 2.25. The lowest BCUT2D eigenvalue weighted by atomic mass is 10.2. The van der Waals surface area contributed by atoms with E-state index in [1.54, 1.807) is 35.6 Å². The van der Waals surface area contributed by atoms with E-state index in [4.69, 9.17) is 0 Å². The van der Waals surface area contributed by atoms with Crippen LogP contribution in [0, 0.1) is 0 Å². The van der Waals surface area contributed by atoms with Crippen LogP contribution in [0.4, 0.5) is 5.13 Å². The summed E-state index contributed by atoms with van der Waals surface area (Å²) in [4.78, 5) is 5.78. The normalized spacial score (nSPS) is 15.4. The highest BCUT2D eigenvalue weighted by Crippen LogP contribution is 2.30. The first kappa shape index (κ1) is 13.6. The van der Waals surface area contributed by atoms with Crippen LogP contribution in [0.1, 0.15) is 5.56 Å². The number of hydrogen-bond donors (Lipinski definition) is 1. The quantitative estimate of drug-likeness (QED) is 0.771. The second-order valence-corrected chi connectivity index (χ2v) is 7.93. The molecule has 110 valence electrons. The first-order valence-electron chi connectivity index (χ1n) is 6.34. The van der Waals surface area contributed by atoms with E-state index in [-0.39, 0.29) is 4.90 Å². The van der Waals surface area contributed by atoms with Gasteiger partial charge in [-0.1, -0.05) is 18.2 Å². The van der Waals surface area contributed by atoms with Crippen molar-refractivity contribution in [2.24, 2.45) is 4.40 Å². The topological polar surface area (TPSA) is 71.4 Å². The summed E-state index contributed by atoms with van der Waals surface area (Å²) in [5, 5.41) is 7.56. The molecule has 0 bridgehead atoms. The van der Waals surface area contributed by atoms with Crippen molar-refractivity contribution in [1.82, 2.24) is 4.98 Å². The highest BCUT2D eigenvalue weighted by atomic mass is 32.2. The number of benzene rings is 1. The number of sulfonamides is 1. The van der Waals surface area contributed by atoms with E-state index in [1.165, 1.54) is 11.3 Å². The Bertz CT molecular complexity index is 972. The molecule has 0 radical (unpaired) electrons. The molecule has 0 atom stereocenters. The summed E-state index contributed by atoms with van der Waals surface area (Å²) in [6.45, 7) is 0. The number of amidine groups is 1. The summed E-state index contributed by atoms with van der Waals surface area (Å²) >= 11 is 3.03. The molecule has 1 aliphatic rings. The zero-order valence-electron chi connectivity index (χ0n) is 11.1. The van der Waals surface area contributed by atoms with Gasteiger partial charge in [-0.25, -0.2) is 4.98 Å². The van der Waals surface area contributed by atoms with Gasteiger partial charge in [0, 0.05) is 10.9 Å². The summed E-state index contributed by atoms with van der Waals surface area (Å²) in [7, 11) is -3.61. The Balaban J connectivity index is 1.68. The molecule has 1 N–H and O–H groups in total. The highest BCUT2D eigenvalue weighted by molar-refractivity contribution is 7.90. The fraction of sp³-hybridized carbons (Fsp3) is 0. The number of nitrogens with zero attached hydrogens (tertiary/aromatic N) is 2. The fourth-order valence-corrected chi connectivity index (χ4v) is 4.81. The maximum atomic E-state index is 12.0. The molecule has 1 aliphatic heterocycles. The smallest absolute Gasteiger partial charge is 0.285 e. The van der Waals surface area contributed by atoms with Crippen LogP contribution < -0.4 is 5.32 Å². The van der Waals surface area contributed by atoms with Crippen LogP contribution in [0.2, 0.25) is 0 Å². The molecular formula is C14H9N3O2S3. The van der Waals surface area contributed by atoms with Gasteiger partial charge in [0.15, 0.2) is 11.0 Å². The van der Waals surface area contributed by atoms with E-state index < -0.39 is 10.0 Å². The largest absolute Gasteiger partial charge is 0.315 e. The van der Waals surface area contributed by atoms with Gasteiger partial charge in [0.05, 0.1) is 10.6 Å². The van der Waals surface area contributed by atoms with Gasteiger partial charge in [0.25, 0.3) is 10.0 Å². The van der Waals surface area contributed by atoms with Gasteiger partial charge >= 0.3 is 0 Å². The first-order chi connectivity index (χ1) is 10.6. The summed E-state index contributed by atoms with van der Waals surface area (Å²) < 4.78 is 27.8. The number of thiophene rings is 1. The molecule has 22 heavy (non-hydrogen) atoms. The van der Waals surface area contributed by atoms with E-state index in [0.717, 1.165) is 10.6 Å². The number of aromatic nitrogens is 1. The van der Waals surface area contributed by atoms with Crippen LogP contribution >= 0.6 is 22.7 Å². The molecule has 0 saturated heterocycles. The minimum absolute atomic E-state index is 0.229. The highest BCUT2D eigenvalue weighted by Gasteiger charge is 2.28. The molecule has 2 aromatic heterocycles. The zero-order chi connectivity index (χ0) is 15.2. The number of fused-ring (bicyclic) bond motifs is 1. The molecule has 8 heteroatoms. The van der Waals surface area contributed by atoms with Crippen molar-refractivity contribution in [2.45, 2.75) is 4.90 Å². The van der Waals surface area contributed by atoms with E-state index in [0.29, 0.717) is 16.5 Å². The zero-order valence-corrected chi connectivity index (χ0v) is 13.5. The van der Waals surface area contributed by atoms with Gasteiger partial charge in [0.1, 0.15) is 4.90 Å². The van der Waals surface area contributed by atoms with E-state index >= 15 is 0 Å². The van der Waals surface area contributed by atoms with Gasteiger partial charge in [-0.05, 0) is 23.6 Å². The van der Waals surface area contributed by atoms with Crippen molar-refractivity contribution in [3.8, 4) is 10.6 Å². The van der Waals surface area contributed by atoms with Crippen LogP contribution in [-0.4, -0.2) is 19.2 Å². The van der Waals surface area contributed by atoms with E-state index in [1.807, 2.05) is 22.9 Å². The average Bonchev–Trinajstić information content (AvgIpc) is 3.21. The first-order valence-corrected chi connectivity index (χ1v) is 9.54. The Kier molecular flexibility index (Phi) is 3.10. The molecule has 3 heterocycles. The maximum absolute atomic E-state index is 12.0. The van der Waals surface area contributed by atoms with Gasteiger partial charge in [-0.2, -0.15) is 8.42 Å². The summed E-state index contributed by atoms with van der Waals surface area (Å²) in [6.07, 6.45) is 0. The van der Waals surface area contributed by atoms with Crippen LogP contribution in [0.25, 0.3) is 10.6 Å². The van der Waals surface area contributed by atoms with Gasteiger partial charge in [-0.15, -0.1) is 27.1 Å². The second-order valence-electron chi connectivity index (χ2n) is 4.55. The summed E-state index contributed by atoms with van der Waals surface area (Å²) in [5.41, 5.74) is 1.45. The lowest BCUT2D eigenvalue weighted by molar-refractivity contribution is 0.599. The Morgan fingerprint density at radius 3 is 2.73 bits per heavy atom. The number of thiazole rings is 1. The molecule has 0 amide bonds. The molecule has 0 aliphatic carbocycles. The molecule has 0 spiro atoms. The Hall–Kier alpha value is -2.03. The SMILES string of the molecule is O=S1(=O)N=C(Nc2nc(-c3cccs3)cs2)c2ccccc21. The van der Waals surface area contributed by atoms with Crippen LogP contribution in [0.15, 0.2) is 56.5 Å². The van der Waals surface area contributed by atoms with Crippen LogP contribution in [0.5, 0.6) is 0 Å². The lowest BCUT2D eigenvalue weighted by Crippen LogP contribution is -2.10. The predicted octanol–water partition coefficient (Wildman–Crippen LogP) is 3.43. The number of hydrogen-bond acceptors (Lipinski definition) is 6. The third-order valence-electron chi connectivity index (χ3n) is 3.13. The maximum Gasteiger partial charge on any atom is 0.285 e. The van der Waals surface area contributed by atoms with E-state index in [2.05, 4.69) is 14.7 Å². The molecule has 1 aromatic carbocycles. The third-order valence-corrected chi connectivity index (χ3v) is 6.12. The number of anilines is 1. The predicted molar refractivity (Wildman–Crippen MR) is 89.2 cm³/mol. The number of nitrogens with one attached hydrogen (secondary N) is 1. The number of rotatable bonds is 2. The molecule has 3 aromatic rings. The van der Waals surface area contributed by atoms with Gasteiger partial charge in [0.2, 0.25) is 0 Å². The van der Waals surface area contributed by atoms with Crippen LogP contribution in [-0.2, 0) is 10.0 Å². The lowest BCUT2D eigenvalue weighted by Gasteiger charge is -2.02. The monoisotopic (exact) mass is 347 g/mol. The summed E-state index contributed by atoms with van der Waals surface area (Å²) in [5.74, 6) is 0.322. The van der Waals surface area contributed by atoms with Crippen molar-refractivity contribution >= 4 is 43.7 Å². The van der Waals surface area contributed by atoms with Gasteiger partial charge < -0.3 is 5.32 Å². The summed E-state index contributed by atoms with van der Waals surface area (Å²) in [6, 6.07) is 10.7. The molecule has 5 nitrogen and oxygen atoms in total. The van der Waals surface area contributed by atoms with Crippen molar-refractivity contribution < 1.29 is 8.42 Å². The molecule has 0 saturated carbocycles. The molecular weight excluding hydrogens is 338 g/mol. The van der Waals surface area contributed by atoms with Gasteiger partial charge in [-0.3, -0.25) is 0 Å². The second kappa shape index (κ2) is 5.01. The van der Waals surface area contributed by atoms with Crippen molar-refractivity contribution in [3.05, 3.63) is 52.7 Å². The Labute approximate surface area is 135 Å². The van der Waals surface area contributed by atoms with Crippen molar-refractivity contribution in [3.63, 3.8) is 0 Å². The Morgan fingerprint density at radius 2 is 1.91 bits per heavy atom. The van der Waals surface area contributed by atoms with Crippen molar-refractivity contribution in [2.75, 3.05) is 5.32 Å². The minimum atomic E-state index is -3.61. The molecule has 4 rings (SSSR count). The molecule has 0 unspecified atom stereocenters. The Morgan fingerprint density at radius 1 is 1.05 bits per heavy atom. The van der Waals surface area contributed by atoms with Crippen LogP contribution in [0.3, 0.4) is 0 Å². The van der Waals surface area contributed by atoms with E-state index in [9.17, 15) is 8.42 Å². The minimum Gasteiger partial charge on any atom is -0.315 e. The standard InChI is InChI=1S/C14H9N3O2S3/c18-22(19)12-6-2-1-4-9(12)13(17-22)16-14-15-10(8-21-14)11-5-3-7-20-11/h1-8H,(H,15,16,17). The van der Waals surface area contributed by atoms with Crippen molar-refractivity contribution in [1.29, 1.82) is 0 Å². The fourth-order valence-electron chi connectivity index (χ4n) is 2.17.